The smallest absolute Gasteiger partial charge is 0.187 e. The van der Waals surface area contributed by atoms with Crippen LogP contribution in [0.3, 0.4) is 0 Å². The molecule has 0 radical (unpaired) electrons. The first-order valence-corrected chi connectivity index (χ1v) is 19.1. The summed E-state index contributed by atoms with van der Waals surface area (Å²) in [6, 6.07) is -0.269. The van der Waals surface area contributed by atoms with Gasteiger partial charge in [-0.1, -0.05) is 43.6 Å². The van der Waals surface area contributed by atoms with Crippen molar-refractivity contribution in [2.24, 2.45) is 40.4 Å². The van der Waals surface area contributed by atoms with E-state index in [9.17, 15) is 30.6 Å². The maximum absolute atomic E-state index is 11.2. The van der Waals surface area contributed by atoms with Gasteiger partial charge in [0.2, 0.25) is 0 Å². The molecule has 8 aliphatic rings. The molecule has 7 N–H and O–H groups in total. The van der Waals surface area contributed by atoms with Crippen LogP contribution in [0.5, 0.6) is 0 Å². The van der Waals surface area contributed by atoms with E-state index in [-0.39, 0.29) is 41.4 Å². The molecule has 20 atom stereocenters. The van der Waals surface area contributed by atoms with Crippen molar-refractivity contribution < 1.29 is 54.3 Å². The number of hydrogen-bond donors (Lipinski definition) is 7. The molecule has 284 valence electrons. The van der Waals surface area contributed by atoms with Crippen molar-refractivity contribution in [1.82, 2.24) is 5.32 Å². The molecule has 7 fully saturated rings. The Hall–Kier alpha value is -1.44. The first kappa shape index (κ1) is 36.5. The van der Waals surface area contributed by atoms with E-state index >= 15 is 0 Å². The lowest BCUT2D eigenvalue weighted by molar-refractivity contribution is -0.333. The largest absolute Gasteiger partial charge is 0.393 e. The van der Waals surface area contributed by atoms with Crippen LogP contribution < -0.4 is 5.32 Å². The van der Waals surface area contributed by atoms with E-state index < -0.39 is 67.1 Å². The van der Waals surface area contributed by atoms with E-state index in [1.807, 2.05) is 0 Å². The van der Waals surface area contributed by atoms with Gasteiger partial charge in [0.15, 0.2) is 12.1 Å². The minimum atomic E-state index is -1.59. The van der Waals surface area contributed by atoms with Gasteiger partial charge in [0, 0.05) is 23.8 Å². The second kappa shape index (κ2) is 13.1. The molecule has 12 nitrogen and oxygen atoms in total. The van der Waals surface area contributed by atoms with Crippen LogP contribution in [-0.4, -0.2) is 123 Å². The van der Waals surface area contributed by atoms with Gasteiger partial charge in [-0.25, -0.2) is 0 Å². The highest BCUT2D eigenvalue weighted by molar-refractivity contribution is 5.30. The first-order valence-electron chi connectivity index (χ1n) is 19.1. The summed E-state index contributed by atoms with van der Waals surface area (Å²) in [4.78, 5) is 0. The quantitative estimate of drug-likeness (QED) is 0.163. The lowest BCUT2D eigenvalue weighted by Crippen LogP contribution is -2.67. The number of ether oxygens (including phenoxy) is 5. The molecule has 0 amide bonds. The molecule has 8 rings (SSSR count). The molecule has 1 spiro atoms. The number of nitrogens with one attached hydrogen (secondary N) is 1. The zero-order valence-corrected chi connectivity index (χ0v) is 30.0. The molecule has 4 saturated heterocycles. The van der Waals surface area contributed by atoms with E-state index in [0.717, 1.165) is 44.1 Å². The zero-order valence-electron chi connectivity index (χ0n) is 30.0. The van der Waals surface area contributed by atoms with Crippen molar-refractivity contribution in [3.8, 4) is 12.3 Å². The Labute approximate surface area is 300 Å². The summed E-state index contributed by atoms with van der Waals surface area (Å²) in [6.45, 7) is 10.7. The van der Waals surface area contributed by atoms with Crippen molar-refractivity contribution in [3.05, 3.63) is 23.8 Å². The maximum atomic E-state index is 11.2. The fraction of sp³-hybridized carbons (Fsp3) is 0.846. The predicted molar refractivity (Wildman–Crippen MR) is 182 cm³/mol. The minimum Gasteiger partial charge on any atom is -0.393 e. The fourth-order valence-electron chi connectivity index (χ4n) is 12.2. The van der Waals surface area contributed by atoms with E-state index in [0.29, 0.717) is 37.2 Å². The van der Waals surface area contributed by atoms with Gasteiger partial charge in [-0.3, -0.25) is 5.32 Å². The maximum Gasteiger partial charge on any atom is 0.187 e. The summed E-state index contributed by atoms with van der Waals surface area (Å²) >= 11 is 0. The van der Waals surface area contributed by atoms with Crippen LogP contribution in [0, 0.1) is 52.8 Å². The molecule has 51 heavy (non-hydrogen) atoms. The number of terminal acetylenes is 1. The Morgan fingerprint density at radius 3 is 2.53 bits per heavy atom. The van der Waals surface area contributed by atoms with Gasteiger partial charge in [0.05, 0.1) is 37.4 Å². The molecular formula is C39H57NO11. The topological polar surface area (TPSA) is 180 Å². The number of fused-ring (bicyclic) bond motifs is 7. The molecule has 4 aliphatic heterocycles. The van der Waals surface area contributed by atoms with Crippen LogP contribution in [0.1, 0.15) is 72.1 Å². The van der Waals surface area contributed by atoms with Crippen LogP contribution in [0.4, 0.5) is 0 Å². The van der Waals surface area contributed by atoms with Crippen molar-refractivity contribution in [2.45, 2.75) is 151 Å². The summed E-state index contributed by atoms with van der Waals surface area (Å²) in [5, 5.41) is 67.9. The van der Waals surface area contributed by atoms with Gasteiger partial charge >= 0.3 is 0 Å². The molecule has 16 unspecified atom stereocenters. The Morgan fingerprint density at radius 1 is 1.02 bits per heavy atom. The van der Waals surface area contributed by atoms with Gasteiger partial charge < -0.3 is 54.3 Å². The number of allylic oxidation sites excluding steroid dienone is 1. The van der Waals surface area contributed by atoms with Crippen LogP contribution in [-0.2, 0) is 23.7 Å². The van der Waals surface area contributed by atoms with E-state index in [2.05, 4.69) is 37.7 Å². The lowest BCUT2D eigenvalue weighted by atomic mass is 9.45. The standard InChI is InChI=1S/C39H57NO11/c1-6-23-29-27(51-39(23)12-9-18(2)16-48-39)15-25-22-8-7-20-13-21(41)14-28(38(20,5)24(22)10-11-37(25,29)4)40-35-34(31(44)26(42)17-47-35)50-36-33(46)32(45)30(43)19(3)49-36/h1,7,19,21-36,40-46H,2,8-17H2,3-5H3/t19?,21?,22?,23-,24?,25?,26?,27?,28?,29?,30?,31?,32?,33?,34?,35?,36?,37-,38-,39+/m0/s1. The molecular weight excluding hydrogens is 658 g/mol. The Balaban J connectivity index is 1.05. The van der Waals surface area contributed by atoms with Crippen molar-refractivity contribution in [3.63, 3.8) is 0 Å². The first-order chi connectivity index (χ1) is 24.2. The third-order valence-corrected chi connectivity index (χ3v) is 15.0. The van der Waals surface area contributed by atoms with Gasteiger partial charge in [-0.2, -0.15) is 0 Å². The third kappa shape index (κ3) is 5.56. The average molecular weight is 716 g/mol. The fourth-order valence-corrected chi connectivity index (χ4v) is 12.2. The summed E-state index contributed by atoms with van der Waals surface area (Å²) in [7, 11) is 0. The van der Waals surface area contributed by atoms with Crippen LogP contribution in [0.25, 0.3) is 0 Å². The Bertz CT molecular complexity index is 1420. The highest BCUT2D eigenvalue weighted by atomic mass is 16.7. The lowest BCUT2D eigenvalue weighted by Gasteiger charge is -2.61. The Morgan fingerprint density at radius 2 is 1.80 bits per heavy atom. The molecule has 4 heterocycles. The monoisotopic (exact) mass is 715 g/mol. The molecule has 0 aromatic rings. The minimum absolute atomic E-state index is 0.00916. The van der Waals surface area contributed by atoms with E-state index in [1.165, 1.54) is 5.57 Å². The average Bonchev–Trinajstić information content (AvgIpc) is 3.57. The molecule has 0 aromatic heterocycles. The SMILES string of the molecule is C#C[C@H]1C2C(CC3C4CC=C5CC(O)CC(NC6OCC(O)C(O)C6OC6OC(C)C(O)C(O)C6O)[C@]5(C)C4CC[C@@]32C)O[C@]12CCC(=C)CO2. The highest BCUT2D eigenvalue weighted by Gasteiger charge is 2.70. The van der Waals surface area contributed by atoms with Gasteiger partial charge in [0.1, 0.15) is 42.9 Å². The Kier molecular flexibility index (Phi) is 9.39. The number of aliphatic hydroxyl groups is 6. The van der Waals surface area contributed by atoms with Crippen molar-refractivity contribution in [2.75, 3.05) is 13.2 Å². The van der Waals surface area contributed by atoms with Crippen LogP contribution >= 0.6 is 0 Å². The third-order valence-electron chi connectivity index (χ3n) is 15.0. The summed E-state index contributed by atoms with van der Waals surface area (Å²) < 4.78 is 31.2. The molecule has 0 bridgehead atoms. The second-order valence-corrected chi connectivity index (χ2v) is 17.5. The van der Waals surface area contributed by atoms with Crippen molar-refractivity contribution >= 4 is 0 Å². The number of aliphatic hydroxyl groups excluding tert-OH is 6. The van der Waals surface area contributed by atoms with E-state index in [4.69, 9.17) is 30.1 Å². The molecule has 3 saturated carbocycles. The van der Waals surface area contributed by atoms with Crippen molar-refractivity contribution in [1.29, 1.82) is 0 Å². The summed E-state index contributed by atoms with van der Waals surface area (Å²) in [5.41, 5.74) is 1.94. The number of hydrogen-bond acceptors (Lipinski definition) is 12. The summed E-state index contributed by atoms with van der Waals surface area (Å²) in [6.07, 6.45) is 3.17. The summed E-state index contributed by atoms with van der Waals surface area (Å²) in [5.74, 6) is 3.58. The molecule has 4 aliphatic carbocycles. The molecule has 0 aromatic carbocycles. The predicted octanol–water partition coefficient (Wildman–Crippen LogP) is 1.11. The van der Waals surface area contributed by atoms with Gasteiger partial charge in [-0.15, -0.1) is 6.42 Å². The van der Waals surface area contributed by atoms with E-state index in [1.54, 1.807) is 6.92 Å². The second-order valence-electron chi connectivity index (χ2n) is 17.5. The zero-order chi connectivity index (χ0) is 36.2. The van der Waals surface area contributed by atoms with Gasteiger partial charge in [-0.05, 0) is 75.0 Å². The normalized spacial score (nSPS) is 56.7. The van der Waals surface area contributed by atoms with Crippen LogP contribution in [0.2, 0.25) is 0 Å². The van der Waals surface area contributed by atoms with Gasteiger partial charge in [0.25, 0.3) is 0 Å². The number of rotatable bonds is 4. The highest BCUT2D eigenvalue weighted by Crippen LogP contribution is 2.70. The molecule has 12 heteroatoms. The van der Waals surface area contributed by atoms with Crippen LogP contribution in [0.15, 0.2) is 23.8 Å².